The number of aromatic hydroxyl groups is 1. The molecule has 0 aliphatic heterocycles. The van der Waals surface area contributed by atoms with Crippen molar-refractivity contribution in [2.24, 2.45) is 23.2 Å². The summed E-state index contributed by atoms with van der Waals surface area (Å²) in [5.41, 5.74) is 0.882. The topological polar surface area (TPSA) is 86.6 Å². The molecule has 1 aromatic carbocycles. The number of carbonyl (C=O) groups excluding carboxylic acids is 1. The van der Waals surface area contributed by atoms with Crippen LogP contribution in [0.3, 0.4) is 0 Å². The number of hydrogen-bond acceptors (Lipinski definition) is 4. The molecular weight excluding hydrogens is 410 g/mol. The number of thiophene rings is 1. The molecule has 5 nitrogen and oxygen atoms in total. The summed E-state index contributed by atoms with van der Waals surface area (Å²) in [4.78, 5) is 23.9. The number of unbranched alkanes of at least 4 members (excludes halogenated alkanes) is 1. The summed E-state index contributed by atoms with van der Waals surface area (Å²) < 4.78 is 0.997. The van der Waals surface area contributed by atoms with Crippen molar-refractivity contribution in [2.75, 3.05) is 0 Å². The predicted molar refractivity (Wildman–Crippen MR) is 123 cm³/mol. The Labute approximate surface area is 187 Å². The monoisotopic (exact) mass is 441 g/mol. The maximum Gasteiger partial charge on any atom is 0.303 e. The van der Waals surface area contributed by atoms with E-state index in [2.05, 4.69) is 31.3 Å². The van der Waals surface area contributed by atoms with Crippen molar-refractivity contribution in [2.45, 2.75) is 58.4 Å². The number of phenolic OH excluding ortho intramolecular Hbond substituents is 1. The van der Waals surface area contributed by atoms with Gasteiger partial charge in [0, 0.05) is 27.9 Å². The van der Waals surface area contributed by atoms with Gasteiger partial charge in [0.15, 0.2) is 0 Å². The first-order valence-corrected chi connectivity index (χ1v) is 12.0. The SMILES string of the molecule is CC1(C)[C@H]2C[C@@H](C/C=C\CCCC(=O)O)C(NC(=O)c3csc4ccc(O)cc34)[C@@H]1C2. The number of carboxylic acids is 1. The number of hydrogen-bond donors (Lipinski definition) is 3. The molecule has 0 saturated heterocycles. The fourth-order valence-corrected chi connectivity index (χ4v) is 6.47. The zero-order valence-electron chi connectivity index (χ0n) is 18.1. The van der Waals surface area contributed by atoms with Crippen LogP contribution in [0.2, 0.25) is 0 Å². The van der Waals surface area contributed by atoms with Gasteiger partial charge in [-0.1, -0.05) is 26.0 Å². The largest absolute Gasteiger partial charge is 0.508 e. The van der Waals surface area contributed by atoms with E-state index < -0.39 is 5.97 Å². The fraction of sp³-hybridized carbons (Fsp3) is 0.520. The Morgan fingerprint density at radius 3 is 2.81 bits per heavy atom. The van der Waals surface area contributed by atoms with E-state index in [0.29, 0.717) is 29.7 Å². The molecule has 1 unspecified atom stereocenters. The van der Waals surface area contributed by atoms with Crippen LogP contribution >= 0.6 is 11.3 Å². The van der Waals surface area contributed by atoms with Gasteiger partial charge in [-0.05, 0) is 73.5 Å². The number of carbonyl (C=O) groups is 2. The third-order valence-electron chi connectivity index (χ3n) is 7.54. The number of phenols is 1. The molecule has 1 amide bonds. The molecule has 3 N–H and O–H groups in total. The highest BCUT2D eigenvalue weighted by atomic mass is 32.1. The Morgan fingerprint density at radius 2 is 2.06 bits per heavy atom. The van der Waals surface area contributed by atoms with Crippen LogP contribution in [-0.4, -0.2) is 28.1 Å². The highest BCUT2D eigenvalue weighted by Gasteiger charge is 2.57. The van der Waals surface area contributed by atoms with Crippen molar-refractivity contribution in [3.05, 3.63) is 41.3 Å². The Balaban J connectivity index is 1.46. The second-order valence-corrected chi connectivity index (χ2v) is 10.6. The molecule has 3 fully saturated rings. The second kappa shape index (κ2) is 8.65. The zero-order valence-corrected chi connectivity index (χ0v) is 19.0. The molecule has 4 atom stereocenters. The highest BCUT2D eigenvalue weighted by Crippen LogP contribution is 2.61. The summed E-state index contributed by atoms with van der Waals surface area (Å²) in [7, 11) is 0. The van der Waals surface area contributed by atoms with Crippen molar-refractivity contribution >= 4 is 33.3 Å². The molecule has 3 saturated carbocycles. The second-order valence-electron chi connectivity index (χ2n) is 9.68. The van der Waals surface area contributed by atoms with Gasteiger partial charge < -0.3 is 15.5 Å². The van der Waals surface area contributed by atoms with Gasteiger partial charge in [-0.25, -0.2) is 0 Å². The van der Waals surface area contributed by atoms with Crippen LogP contribution in [0.25, 0.3) is 10.1 Å². The normalized spacial score (nSPS) is 26.6. The fourth-order valence-electron chi connectivity index (χ4n) is 5.55. The predicted octanol–water partition coefficient (Wildman–Crippen LogP) is 5.59. The minimum Gasteiger partial charge on any atom is -0.508 e. The van der Waals surface area contributed by atoms with Gasteiger partial charge in [-0.15, -0.1) is 11.3 Å². The van der Waals surface area contributed by atoms with E-state index in [-0.39, 0.29) is 29.5 Å². The molecule has 1 heterocycles. The number of fused-ring (bicyclic) bond motifs is 3. The van der Waals surface area contributed by atoms with E-state index in [1.165, 1.54) is 17.8 Å². The maximum absolute atomic E-state index is 13.2. The first kappa shape index (κ1) is 21.9. The first-order chi connectivity index (χ1) is 14.8. The van der Waals surface area contributed by atoms with E-state index in [1.54, 1.807) is 12.1 Å². The number of nitrogens with one attached hydrogen (secondary N) is 1. The summed E-state index contributed by atoms with van der Waals surface area (Å²) in [5, 5.41) is 24.7. The van der Waals surface area contributed by atoms with Crippen LogP contribution in [-0.2, 0) is 4.79 Å². The molecule has 1 aromatic heterocycles. The van der Waals surface area contributed by atoms with Crippen LogP contribution in [0.5, 0.6) is 5.75 Å². The maximum atomic E-state index is 13.2. The average molecular weight is 442 g/mol. The minimum absolute atomic E-state index is 0.0570. The Hall–Kier alpha value is -2.34. The zero-order chi connectivity index (χ0) is 22.2. The third-order valence-corrected chi connectivity index (χ3v) is 8.50. The van der Waals surface area contributed by atoms with E-state index >= 15 is 0 Å². The Bertz CT molecular complexity index is 1010. The summed E-state index contributed by atoms with van der Waals surface area (Å²) in [6, 6.07) is 5.30. The molecule has 3 aliphatic carbocycles. The van der Waals surface area contributed by atoms with Crippen molar-refractivity contribution < 1.29 is 19.8 Å². The molecule has 5 rings (SSSR count). The number of aliphatic carboxylic acids is 1. The molecule has 6 heteroatoms. The standard InChI is InChI=1S/C25H31NO4S/c1-25(2)16-11-15(7-5-3-4-6-8-22(28)29)23(20(25)12-16)26-24(30)19-14-31-21-10-9-17(27)13-18(19)21/h3,5,9-10,13-16,20,23,27H,4,6-8,11-12H2,1-2H3,(H,26,30)(H,28,29)/b5-3-/t15-,16+,20+,23?/m1/s1. The smallest absolute Gasteiger partial charge is 0.303 e. The van der Waals surface area contributed by atoms with Crippen molar-refractivity contribution in [3.63, 3.8) is 0 Å². The van der Waals surface area contributed by atoms with Gasteiger partial charge in [0.1, 0.15) is 5.75 Å². The molecule has 0 spiro atoms. The number of benzene rings is 1. The minimum atomic E-state index is -0.750. The van der Waals surface area contributed by atoms with Crippen molar-refractivity contribution in [1.82, 2.24) is 5.32 Å². The summed E-state index contributed by atoms with van der Waals surface area (Å²) >= 11 is 1.52. The number of carboxylic acid groups (broad SMARTS) is 1. The summed E-state index contributed by atoms with van der Waals surface area (Å²) in [6.07, 6.45) is 9.08. The highest BCUT2D eigenvalue weighted by molar-refractivity contribution is 7.17. The van der Waals surface area contributed by atoms with E-state index in [1.807, 2.05) is 11.4 Å². The molecular formula is C25H31NO4S. The molecule has 2 bridgehead atoms. The lowest BCUT2D eigenvalue weighted by Gasteiger charge is -2.62. The molecule has 0 radical (unpaired) electrons. The van der Waals surface area contributed by atoms with E-state index in [0.717, 1.165) is 29.3 Å². The van der Waals surface area contributed by atoms with Crippen LogP contribution in [0, 0.1) is 23.2 Å². The lowest BCUT2D eigenvalue weighted by atomic mass is 9.44. The molecule has 31 heavy (non-hydrogen) atoms. The molecule has 2 aromatic rings. The van der Waals surface area contributed by atoms with Crippen LogP contribution in [0.15, 0.2) is 35.7 Å². The quantitative estimate of drug-likeness (QED) is 0.368. The third kappa shape index (κ3) is 4.36. The van der Waals surface area contributed by atoms with E-state index in [4.69, 9.17) is 5.11 Å². The van der Waals surface area contributed by atoms with Gasteiger partial charge in [0.25, 0.3) is 5.91 Å². The first-order valence-electron chi connectivity index (χ1n) is 11.1. The molecule has 166 valence electrons. The van der Waals surface area contributed by atoms with Crippen LogP contribution < -0.4 is 5.32 Å². The van der Waals surface area contributed by atoms with Gasteiger partial charge >= 0.3 is 5.97 Å². The summed E-state index contributed by atoms with van der Waals surface area (Å²) in [6.45, 7) is 4.64. The van der Waals surface area contributed by atoms with Gasteiger partial charge in [0.2, 0.25) is 0 Å². The van der Waals surface area contributed by atoms with Crippen LogP contribution in [0.1, 0.15) is 62.7 Å². The lowest BCUT2D eigenvalue weighted by Crippen LogP contribution is -2.63. The van der Waals surface area contributed by atoms with Crippen LogP contribution in [0.4, 0.5) is 0 Å². The Kier molecular flexibility index (Phi) is 6.11. The van der Waals surface area contributed by atoms with Crippen molar-refractivity contribution in [3.8, 4) is 5.75 Å². The van der Waals surface area contributed by atoms with E-state index in [9.17, 15) is 14.7 Å². The Morgan fingerprint density at radius 1 is 1.26 bits per heavy atom. The molecule has 3 aliphatic rings. The van der Waals surface area contributed by atoms with Gasteiger partial charge in [0.05, 0.1) is 5.56 Å². The van der Waals surface area contributed by atoms with Crippen molar-refractivity contribution in [1.29, 1.82) is 0 Å². The van der Waals surface area contributed by atoms with Gasteiger partial charge in [-0.2, -0.15) is 0 Å². The average Bonchev–Trinajstić information content (AvgIpc) is 3.13. The summed E-state index contributed by atoms with van der Waals surface area (Å²) in [5.74, 6) is 0.939. The number of amides is 1. The van der Waals surface area contributed by atoms with Gasteiger partial charge in [-0.3, -0.25) is 9.59 Å². The lowest BCUT2D eigenvalue weighted by molar-refractivity contribution is -0.137. The number of allylic oxidation sites excluding steroid dienone is 2. The number of rotatable bonds is 8.